The first kappa shape index (κ1) is 9.15. The van der Waals surface area contributed by atoms with Crippen molar-refractivity contribution in [2.75, 3.05) is 0 Å². The van der Waals surface area contributed by atoms with E-state index in [2.05, 4.69) is 27.5 Å². The molecule has 0 aliphatic carbocycles. The molecule has 1 unspecified atom stereocenters. The third-order valence-corrected chi connectivity index (χ3v) is 1.81. The van der Waals surface area contributed by atoms with Gasteiger partial charge in [-0.2, -0.15) is 5.10 Å². The van der Waals surface area contributed by atoms with E-state index in [0.717, 1.165) is 25.1 Å². The van der Waals surface area contributed by atoms with Crippen LogP contribution in [0.3, 0.4) is 0 Å². The Hall–Kier alpha value is -0.940. The molecule has 5 nitrogen and oxygen atoms in total. The smallest absolute Gasteiger partial charge is 0.142 e. The van der Waals surface area contributed by atoms with Gasteiger partial charge in [0.1, 0.15) is 12.2 Å². The average molecular weight is 169 g/mol. The molecule has 0 saturated heterocycles. The monoisotopic (exact) mass is 169 g/mol. The van der Waals surface area contributed by atoms with Gasteiger partial charge in [0.2, 0.25) is 0 Å². The molecular weight excluding hydrogens is 154 g/mol. The van der Waals surface area contributed by atoms with Crippen molar-refractivity contribution in [2.45, 2.75) is 32.2 Å². The second-order valence-corrected chi connectivity index (χ2v) is 2.73. The van der Waals surface area contributed by atoms with Crippen molar-refractivity contribution in [3.05, 3.63) is 12.2 Å². The van der Waals surface area contributed by atoms with Crippen LogP contribution in [0.15, 0.2) is 6.33 Å². The SMILES string of the molecule is CCCCC(NN)c1ncn[nH]1. The fourth-order valence-corrected chi connectivity index (χ4v) is 1.09. The van der Waals surface area contributed by atoms with Gasteiger partial charge in [-0.15, -0.1) is 0 Å². The van der Waals surface area contributed by atoms with Crippen LogP contribution in [0.25, 0.3) is 0 Å². The summed E-state index contributed by atoms with van der Waals surface area (Å²) in [6.45, 7) is 2.15. The molecule has 0 radical (unpaired) electrons. The van der Waals surface area contributed by atoms with Crippen LogP contribution in [0.5, 0.6) is 0 Å². The summed E-state index contributed by atoms with van der Waals surface area (Å²) >= 11 is 0. The molecule has 1 rings (SSSR count). The first-order valence-corrected chi connectivity index (χ1v) is 4.19. The number of rotatable bonds is 5. The number of nitrogens with two attached hydrogens (primary N) is 1. The molecule has 0 aliphatic rings. The number of H-pyrrole nitrogens is 1. The zero-order valence-electron chi connectivity index (χ0n) is 7.25. The molecular formula is C7H15N5. The van der Waals surface area contributed by atoms with Gasteiger partial charge in [-0.25, -0.2) is 10.4 Å². The molecule has 1 aromatic heterocycles. The first-order valence-electron chi connectivity index (χ1n) is 4.19. The van der Waals surface area contributed by atoms with E-state index in [0.29, 0.717) is 0 Å². The Kier molecular flexibility index (Phi) is 3.69. The van der Waals surface area contributed by atoms with Crippen molar-refractivity contribution >= 4 is 0 Å². The standard InChI is InChI=1S/C7H15N5/c1-2-3-4-6(11-8)7-9-5-10-12-7/h5-6,11H,2-4,8H2,1H3,(H,9,10,12). The predicted molar refractivity (Wildman–Crippen MR) is 46.0 cm³/mol. The maximum Gasteiger partial charge on any atom is 0.142 e. The van der Waals surface area contributed by atoms with Gasteiger partial charge in [0.05, 0.1) is 6.04 Å². The van der Waals surface area contributed by atoms with Gasteiger partial charge < -0.3 is 0 Å². The zero-order chi connectivity index (χ0) is 8.81. The molecule has 12 heavy (non-hydrogen) atoms. The Morgan fingerprint density at radius 1 is 1.75 bits per heavy atom. The number of nitrogens with one attached hydrogen (secondary N) is 2. The van der Waals surface area contributed by atoms with Gasteiger partial charge in [0.25, 0.3) is 0 Å². The van der Waals surface area contributed by atoms with Crippen LogP contribution >= 0.6 is 0 Å². The van der Waals surface area contributed by atoms with Gasteiger partial charge in [0, 0.05) is 0 Å². The van der Waals surface area contributed by atoms with E-state index in [1.165, 1.54) is 6.33 Å². The minimum Gasteiger partial charge on any atom is -0.271 e. The van der Waals surface area contributed by atoms with E-state index >= 15 is 0 Å². The quantitative estimate of drug-likeness (QED) is 0.443. The summed E-state index contributed by atoms with van der Waals surface area (Å²) in [6, 6.07) is 0.104. The Bertz CT molecular complexity index is 196. The van der Waals surface area contributed by atoms with Crippen molar-refractivity contribution < 1.29 is 0 Å². The van der Waals surface area contributed by atoms with Crippen LogP contribution in [0.2, 0.25) is 0 Å². The first-order chi connectivity index (χ1) is 5.88. The second kappa shape index (κ2) is 4.84. The van der Waals surface area contributed by atoms with Crippen molar-refractivity contribution in [3.8, 4) is 0 Å². The fourth-order valence-electron chi connectivity index (χ4n) is 1.09. The molecule has 5 heteroatoms. The highest BCUT2D eigenvalue weighted by atomic mass is 15.3. The lowest BCUT2D eigenvalue weighted by molar-refractivity contribution is 0.474. The number of aromatic amines is 1. The number of nitrogens with zero attached hydrogens (tertiary/aromatic N) is 2. The molecule has 0 aliphatic heterocycles. The topological polar surface area (TPSA) is 79.6 Å². The van der Waals surface area contributed by atoms with E-state index in [4.69, 9.17) is 5.84 Å². The summed E-state index contributed by atoms with van der Waals surface area (Å²) < 4.78 is 0. The Morgan fingerprint density at radius 3 is 3.08 bits per heavy atom. The average Bonchev–Trinajstić information content (AvgIpc) is 2.59. The van der Waals surface area contributed by atoms with Crippen LogP contribution in [-0.4, -0.2) is 15.2 Å². The molecule has 1 heterocycles. The Balaban J connectivity index is 2.45. The lowest BCUT2D eigenvalue weighted by atomic mass is 10.1. The van der Waals surface area contributed by atoms with E-state index in [9.17, 15) is 0 Å². The van der Waals surface area contributed by atoms with Crippen molar-refractivity contribution in [1.29, 1.82) is 0 Å². The lowest BCUT2D eigenvalue weighted by Gasteiger charge is -2.11. The Morgan fingerprint density at radius 2 is 2.58 bits per heavy atom. The summed E-state index contributed by atoms with van der Waals surface area (Å²) in [7, 11) is 0. The third kappa shape index (κ3) is 2.28. The van der Waals surface area contributed by atoms with Crippen LogP contribution in [0, 0.1) is 0 Å². The number of hydrogen-bond acceptors (Lipinski definition) is 4. The van der Waals surface area contributed by atoms with Gasteiger partial charge in [-0.05, 0) is 6.42 Å². The number of hydrazine groups is 1. The molecule has 4 N–H and O–H groups in total. The van der Waals surface area contributed by atoms with Crippen LogP contribution in [0.1, 0.15) is 38.1 Å². The van der Waals surface area contributed by atoms with Gasteiger partial charge in [-0.1, -0.05) is 19.8 Å². The highest BCUT2D eigenvalue weighted by molar-refractivity contribution is 4.89. The van der Waals surface area contributed by atoms with E-state index in [1.807, 2.05) is 0 Å². The summed E-state index contributed by atoms with van der Waals surface area (Å²) in [6.07, 6.45) is 4.77. The molecule has 0 aromatic carbocycles. The van der Waals surface area contributed by atoms with E-state index in [1.54, 1.807) is 0 Å². The summed E-state index contributed by atoms with van der Waals surface area (Å²) in [5.74, 6) is 6.18. The minimum atomic E-state index is 0.104. The van der Waals surface area contributed by atoms with Crippen molar-refractivity contribution in [2.24, 2.45) is 5.84 Å². The van der Waals surface area contributed by atoms with Crippen molar-refractivity contribution in [1.82, 2.24) is 20.6 Å². The predicted octanol–water partition coefficient (Wildman–Crippen LogP) is 0.499. The normalized spacial score (nSPS) is 13.2. The minimum absolute atomic E-state index is 0.104. The highest BCUT2D eigenvalue weighted by Crippen LogP contribution is 2.12. The second-order valence-electron chi connectivity index (χ2n) is 2.73. The summed E-state index contributed by atoms with van der Waals surface area (Å²) in [5, 5.41) is 6.56. The molecule has 68 valence electrons. The van der Waals surface area contributed by atoms with Crippen molar-refractivity contribution in [3.63, 3.8) is 0 Å². The lowest BCUT2D eigenvalue weighted by Crippen LogP contribution is -2.28. The molecule has 0 fully saturated rings. The molecule has 0 amide bonds. The van der Waals surface area contributed by atoms with E-state index in [-0.39, 0.29) is 6.04 Å². The van der Waals surface area contributed by atoms with Gasteiger partial charge in [0.15, 0.2) is 0 Å². The fraction of sp³-hybridized carbons (Fsp3) is 0.714. The molecule has 1 atom stereocenters. The number of hydrogen-bond donors (Lipinski definition) is 3. The van der Waals surface area contributed by atoms with Crippen LogP contribution < -0.4 is 11.3 Å². The van der Waals surface area contributed by atoms with E-state index < -0.39 is 0 Å². The highest BCUT2D eigenvalue weighted by Gasteiger charge is 2.10. The maximum absolute atomic E-state index is 5.37. The summed E-state index contributed by atoms with van der Waals surface area (Å²) in [4.78, 5) is 4.03. The molecule has 1 aromatic rings. The zero-order valence-corrected chi connectivity index (χ0v) is 7.25. The number of aromatic nitrogens is 3. The van der Waals surface area contributed by atoms with Gasteiger partial charge >= 0.3 is 0 Å². The summed E-state index contributed by atoms with van der Waals surface area (Å²) in [5.41, 5.74) is 2.71. The van der Waals surface area contributed by atoms with Crippen LogP contribution in [-0.2, 0) is 0 Å². The Labute approximate surface area is 71.7 Å². The molecule has 0 saturated carbocycles. The van der Waals surface area contributed by atoms with Crippen LogP contribution in [0.4, 0.5) is 0 Å². The third-order valence-electron chi connectivity index (χ3n) is 1.81. The maximum atomic E-state index is 5.37. The molecule has 0 bridgehead atoms. The largest absolute Gasteiger partial charge is 0.271 e. The molecule has 0 spiro atoms. The number of unbranched alkanes of at least 4 members (excludes halogenated alkanes) is 1. The van der Waals surface area contributed by atoms with Gasteiger partial charge in [-0.3, -0.25) is 10.9 Å².